The average Bonchev–Trinajstić information content (AvgIpc) is 2.21. The molecular weight excluding hydrogens is 178 g/mol. The van der Waals surface area contributed by atoms with Crippen molar-refractivity contribution < 1.29 is 9.53 Å². The van der Waals surface area contributed by atoms with Crippen LogP contribution in [0.4, 0.5) is 5.69 Å². The van der Waals surface area contributed by atoms with Gasteiger partial charge in [-0.2, -0.15) is 0 Å². The molecule has 1 atom stereocenters. The number of nitrogens with two attached hydrogens (primary N) is 1. The Labute approximate surface area is 83.9 Å². The Morgan fingerprint density at radius 2 is 2.14 bits per heavy atom. The highest BCUT2D eigenvalue weighted by Gasteiger charge is 2.20. The molecule has 0 saturated heterocycles. The molecule has 76 valence electrons. The van der Waals surface area contributed by atoms with Gasteiger partial charge in [0.1, 0.15) is 0 Å². The van der Waals surface area contributed by atoms with E-state index in [4.69, 9.17) is 10.5 Å². The largest absolute Gasteiger partial charge is 0.469 e. The topological polar surface area (TPSA) is 52.3 Å². The van der Waals surface area contributed by atoms with Crippen molar-refractivity contribution in [1.82, 2.24) is 0 Å². The molecule has 0 bridgehead atoms. The molecule has 0 aromatic heterocycles. The zero-order valence-corrected chi connectivity index (χ0v) is 8.49. The molecule has 3 nitrogen and oxygen atoms in total. The second-order valence-corrected chi connectivity index (χ2v) is 3.11. The fraction of sp³-hybridized carbons (Fsp3) is 0.364. The lowest BCUT2D eigenvalue weighted by atomic mass is 9.95. The van der Waals surface area contributed by atoms with Crippen LogP contribution < -0.4 is 5.73 Å². The first kappa shape index (κ1) is 10.6. The molecule has 14 heavy (non-hydrogen) atoms. The van der Waals surface area contributed by atoms with Crippen LogP contribution in [0.1, 0.15) is 24.8 Å². The molecule has 0 fully saturated rings. The Kier molecular flexibility index (Phi) is 3.51. The van der Waals surface area contributed by atoms with Crippen molar-refractivity contribution in [1.29, 1.82) is 0 Å². The maximum Gasteiger partial charge on any atom is 0.313 e. The van der Waals surface area contributed by atoms with Crippen LogP contribution in [0.15, 0.2) is 24.3 Å². The van der Waals surface area contributed by atoms with Crippen LogP contribution in [0.5, 0.6) is 0 Å². The second kappa shape index (κ2) is 4.65. The monoisotopic (exact) mass is 193 g/mol. The summed E-state index contributed by atoms with van der Waals surface area (Å²) >= 11 is 0. The normalized spacial score (nSPS) is 12.1. The van der Waals surface area contributed by atoms with Crippen LogP contribution in [0.25, 0.3) is 0 Å². The van der Waals surface area contributed by atoms with Gasteiger partial charge in [-0.1, -0.05) is 25.1 Å². The van der Waals surface area contributed by atoms with Gasteiger partial charge in [-0.05, 0) is 18.1 Å². The first-order valence-electron chi connectivity index (χ1n) is 4.63. The standard InChI is InChI=1S/C11H15NO2/c1-3-8(11(13)14-2)9-6-4-5-7-10(9)12/h4-8H,3,12H2,1-2H3. The van der Waals surface area contributed by atoms with E-state index >= 15 is 0 Å². The fourth-order valence-electron chi connectivity index (χ4n) is 1.48. The SMILES string of the molecule is CCC(C(=O)OC)c1ccccc1N. The van der Waals surface area contributed by atoms with Crippen molar-refractivity contribution in [3.8, 4) is 0 Å². The fourth-order valence-corrected chi connectivity index (χ4v) is 1.48. The number of methoxy groups -OCH3 is 1. The quantitative estimate of drug-likeness (QED) is 0.589. The molecule has 0 aliphatic carbocycles. The van der Waals surface area contributed by atoms with E-state index in [1.54, 1.807) is 6.07 Å². The van der Waals surface area contributed by atoms with Gasteiger partial charge in [0.15, 0.2) is 0 Å². The van der Waals surface area contributed by atoms with Crippen molar-refractivity contribution in [3.63, 3.8) is 0 Å². The number of para-hydroxylation sites is 1. The summed E-state index contributed by atoms with van der Waals surface area (Å²) in [5, 5.41) is 0. The molecule has 0 aliphatic heterocycles. The van der Waals surface area contributed by atoms with Crippen LogP contribution >= 0.6 is 0 Å². The lowest BCUT2D eigenvalue weighted by Gasteiger charge is -2.14. The Morgan fingerprint density at radius 1 is 1.50 bits per heavy atom. The molecule has 0 radical (unpaired) electrons. The number of hydrogen-bond donors (Lipinski definition) is 1. The molecule has 0 aliphatic rings. The third kappa shape index (κ3) is 2.05. The summed E-state index contributed by atoms with van der Waals surface area (Å²) in [6, 6.07) is 7.38. The van der Waals surface area contributed by atoms with Crippen molar-refractivity contribution in [2.45, 2.75) is 19.3 Å². The molecule has 1 aromatic rings. The molecule has 1 unspecified atom stereocenters. The van der Waals surface area contributed by atoms with Crippen LogP contribution in [0, 0.1) is 0 Å². The summed E-state index contributed by atoms with van der Waals surface area (Å²) in [4.78, 5) is 11.4. The van der Waals surface area contributed by atoms with E-state index in [2.05, 4.69) is 0 Å². The van der Waals surface area contributed by atoms with E-state index in [0.29, 0.717) is 12.1 Å². The highest BCUT2D eigenvalue weighted by Crippen LogP contribution is 2.25. The molecular formula is C11H15NO2. The molecule has 1 aromatic carbocycles. The molecule has 0 heterocycles. The maximum absolute atomic E-state index is 11.4. The number of nitrogen functional groups attached to an aromatic ring is 1. The summed E-state index contributed by atoms with van der Waals surface area (Å²) in [6.07, 6.45) is 0.695. The van der Waals surface area contributed by atoms with E-state index in [9.17, 15) is 4.79 Å². The van der Waals surface area contributed by atoms with E-state index in [-0.39, 0.29) is 11.9 Å². The van der Waals surface area contributed by atoms with E-state index < -0.39 is 0 Å². The molecule has 1 rings (SSSR count). The highest BCUT2D eigenvalue weighted by atomic mass is 16.5. The van der Waals surface area contributed by atoms with Crippen molar-refractivity contribution in [3.05, 3.63) is 29.8 Å². The summed E-state index contributed by atoms with van der Waals surface area (Å²) in [5.74, 6) is -0.480. The number of carbonyl (C=O) groups excluding carboxylic acids is 1. The van der Waals surface area contributed by atoms with Gasteiger partial charge in [0.2, 0.25) is 0 Å². The van der Waals surface area contributed by atoms with Crippen LogP contribution in [-0.4, -0.2) is 13.1 Å². The van der Waals surface area contributed by atoms with Crippen molar-refractivity contribution >= 4 is 11.7 Å². The van der Waals surface area contributed by atoms with Gasteiger partial charge in [-0.15, -0.1) is 0 Å². The summed E-state index contributed by atoms with van der Waals surface area (Å²) < 4.78 is 4.72. The number of benzene rings is 1. The first-order chi connectivity index (χ1) is 6.70. The molecule has 2 N–H and O–H groups in total. The minimum Gasteiger partial charge on any atom is -0.469 e. The Morgan fingerprint density at radius 3 is 2.64 bits per heavy atom. The first-order valence-corrected chi connectivity index (χ1v) is 4.63. The number of esters is 1. The number of ether oxygens (including phenoxy) is 1. The third-order valence-corrected chi connectivity index (χ3v) is 2.27. The van der Waals surface area contributed by atoms with Crippen LogP contribution in [0.3, 0.4) is 0 Å². The highest BCUT2D eigenvalue weighted by molar-refractivity contribution is 5.80. The lowest BCUT2D eigenvalue weighted by Crippen LogP contribution is -2.14. The summed E-state index contributed by atoms with van der Waals surface area (Å²) in [6.45, 7) is 1.94. The Bertz CT molecular complexity index is 323. The molecule has 0 spiro atoms. The van der Waals surface area contributed by atoms with Gasteiger partial charge in [0, 0.05) is 5.69 Å². The second-order valence-electron chi connectivity index (χ2n) is 3.11. The van der Waals surface area contributed by atoms with Gasteiger partial charge >= 0.3 is 5.97 Å². The summed E-state index contributed by atoms with van der Waals surface area (Å²) in [7, 11) is 1.39. The molecule has 0 amide bonds. The lowest BCUT2D eigenvalue weighted by molar-refractivity contribution is -0.142. The van der Waals surface area contributed by atoms with Crippen LogP contribution in [0.2, 0.25) is 0 Å². The number of carbonyl (C=O) groups is 1. The summed E-state index contributed by atoms with van der Waals surface area (Å²) in [5.41, 5.74) is 7.27. The minimum atomic E-state index is -0.249. The number of anilines is 1. The van der Waals surface area contributed by atoms with Gasteiger partial charge < -0.3 is 10.5 Å². The third-order valence-electron chi connectivity index (χ3n) is 2.27. The van der Waals surface area contributed by atoms with Gasteiger partial charge in [0.05, 0.1) is 13.0 Å². The number of rotatable bonds is 3. The van der Waals surface area contributed by atoms with Crippen molar-refractivity contribution in [2.75, 3.05) is 12.8 Å². The molecule has 0 saturated carbocycles. The predicted molar refractivity (Wildman–Crippen MR) is 55.9 cm³/mol. The van der Waals surface area contributed by atoms with E-state index in [1.165, 1.54) is 7.11 Å². The molecule has 3 heteroatoms. The Balaban J connectivity index is 3.01. The van der Waals surface area contributed by atoms with E-state index in [0.717, 1.165) is 5.56 Å². The maximum atomic E-state index is 11.4. The van der Waals surface area contributed by atoms with E-state index in [1.807, 2.05) is 25.1 Å². The van der Waals surface area contributed by atoms with Gasteiger partial charge in [-0.3, -0.25) is 4.79 Å². The zero-order chi connectivity index (χ0) is 10.6. The minimum absolute atomic E-state index is 0.231. The van der Waals surface area contributed by atoms with Gasteiger partial charge in [-0.25, -0.2) is 0 Å². The number of hydrogen-bond acceptors (Lipinski definition) is 3. The zero-order valence-electron chi connectivity index (χ0n) is 8.49. The average molecular weight is 193 g/mol. The Hall–Kier alpha value is -1.51. The van der Waals surface area contributed by atoms with Crippen LogP contribution in [-0.2, 0) is 9.53 Å². The predicted octanol–water partition coefficient (Wildman–Crippen LogP) is 1.94. The smallest absolute Gasteiger partial charge is 0.313 e. The van der Waals surface area contributed by atoms with Gasteiger partial charge in [0.25, 0.3) is 0 Å². The van der Waals surface area contributed by atoms with Crippen molar-refractivity contribution in [2.24, 2.45) is 0 Å².